The van der Waals surface area contributed by atoms with Gasteiger partial charge in [0, 0.05) is 5.41 Å². The number of hydrogen-bond donors (Lipinski definition) is 1. The van der Waals surface area contributed by atoms with Crippen LogP contribution < -0.4 is 0 Å². The SMILES string of the molecule is CC1(C)CC1(CO)c1ccc(Cl)c(C(F)(F)F)c1. The predicted molar refractivity (Wildman–Crippen MR) is 63.6 cm³/mol. The smallest absolute Gasteiger partial charge is 0.395 e. The first-order chi connectivity index (χ1) is 8.14. The van der Waals surface area contributed by atoms with Crippen molar-refractivity contribution in [3.63, 3.8) is 0 Å². The van der Waals surface area contributed by atoms with Gasteiger partial charge in [-0.3, -0.25) is 0 Å². The van der Waals surface area contributed by atoms with Gasteiger partial charge in [0.1, 0.15) is 0 Å². The van der Waals surface area contributed by atoms with Gasteiger partial charge in [-0.25, -0.2) is 0 Å². The van der Waals surface area contributed by atoms with Crippen LogP contribution >= 0.6 is 11.6 Å². The molecule has 0 radical (unpaired) electrons. The van der Waals surface area contributed by atoms with Gasteiger partial charge in [-0.1, -0.05) is 31.5 Å². The number of halogens is 4. The molecule has 5 heteroatoms. The summed E-state index contributed by atoms with van der Waals surface area (Å²) in [5, 5.41) is 9.19. The fourth-order valence-electron chi connectivity index (χ4n) is 2.60. The molecule has 1 N–H and O–H groups in total. The Labute approximate surface area is 109 Å². The summed E-state index contributed by atoms with van der Waals surface area (Å²) in [6.45, 7) is 3.72. The maximum atomic E-state index is 12.8. The standard InChI is InChI=1S/C13H14ClF3O/c1-11(2)6-12(11,7-18)8-3-4-10(14)9(5-8)13(15,16)17/h3-5,18H,6-7H2,1-2H3. The molecule has 0 amide bonds. The summed E-state index contributed by atoms with van der Waals surface area (Å²) in [4.78, 5) is 0. The average molecular weight is 279 g/mol. The van der Waals surface area contributed by atoms with Crippen LogP contribution in [-0.2, 0) is 11.6 Å². The summed E-state index contributed by atoms with van der Waals surface area (Å²) in [6.07, 6.45) is -3.79. The highest BCUT2D eigenvalue weighted by Crippen LogP contribution is 2.64. The molecule has 18 heavy (non-hydrogen) atoms. The van der Waals surface area contributed by atoms with Crippen molar-refractivity contribution in [1.82, 2.24) is 0 Å². The Kier molecular flexibility index (Phi) is 2.95. The first kappa shape index (κ1) is 13.7. The van der Waals surface area contributed by atoms with Gasteiger partial charge >= 0.3 is 6.18 Å². The number of rotatable bonds is 2. The molecule has 0 saturated heterocycles. The van der Waals surface area contributed by atoms with Gasteiger partial charge < -0.3 is 5.11 Å². The van der Waals surface area contributed by atoms with E-state index in [1.807, 2.05) is 13.8 Å². The molecular weight excluding hydrogens is 265 g/mol. The lowest BCUT2D eigenvalue weighted by Crippen LogP contribution is -2.20. The molecule has 1 aromatic rings. The summed E-state index contributed by atoms with van der Waals surface area (Å²) >= 11 is 5.58. The van der Waals surface area contributed by atoms with Crippen LogP contribution in [0.25, 0.3) is 0 Å². The van der Waals surface area contributed by atoms with E-state index in [0.717, 1.165) is 6.07 Å². The molecule has 0 bridgehead atoms. The van der Waals surface area contributed by atoms with Crippen molar-refractivity contribution < 1.29 is 18.3 Å². The van der Waals surface area contributed by atoms with E-state index in [1.165, 1.54) is 6.07 Å². The summed E-state index contributed by atoms with van der Waals surface area (Å²) in [7, 11) is 0. The summed E-state index contributed by atoms with van der Waals surface area (Å²) < 4.78 is 38.4. The highest BCUT2D eigenvalue weighted by molar-refractivity contribution is 6.31. The Hall–Kier alpha value is -0.740. The molecule has 0 spiro atoms. The lowest BCUT2D eigenvalue weighted by molar-refractivity contribution is -0.137. The zero-order valence-electron chi connectivity index (χ0n) is 10.1. The van der Waals surface area contributed by atoms with E-state index in [-0.39, 0.29) is 17.0 Å². The second-order valence-electron chi connectivity index (χ2n) is 5.49. The van der Waals surface area contributed by atoms with E-state index in [0.29, 0.717) is 12.0 Å². The Bertz CT molecular complexity index is 482. The van der Waals surface area contributed by atoms with Crippen LogP contribution in [0.5, 0.6) is 0 Å². The van der Waals surface area contributed by atoms with E-state index in [4.69, 9.17) is 11.6 Å². The Morgan fingerprint density at radius 3 is 2.28 bits per heavy atom. The largest absolute Gasteiger partial charge is 0.417 e. The van der Waals surface area contributed by atoms with Crippen molar-refractivity contribution in [2.24, 2.45) is 5.41 Å². The molecule has 1 aliphatic carbocycles. The van der Waals surface area contributed by atoms with Crippen LogP contribution in [0.15, 0.2) is 18.2 Å². The first-order valence-corrected chi connectivity index (χ1v) is 6.00. The van der Waals surface area contributed by atoms with Crippen molar-refractivity contribution in [1.29, 1.82) is 0 Å². The van der Waals surface area contributed by atoms with Gasteiger partial charge in [0.2, 0.25) is 0 Å². The van der Waals surface area contributed by atoms with Crippen molar-refractivity contribution in [2.75, 3.05) is 6.61 Å². The van der Waals surface area contributed by atoms with Crippen LogP contribution in [-0.4, -0.2) is 11.7 Å². The van der Waals surface area contributed by atoms with Gasteiger partial charge in [-0.05, 0) is 29.5 Å². The fraction of sp³-hybridized carbons (Fsp3) is 0.538. The van der Waals surface area contributed by atoms with Gasteiger partial charge in [-0.2, -0.15) is 13.2 Å². The Balaban J connectivity index is 2.49. The Morgan fingerprint density at radius 1 is 1.33 bits per heavy atom. The zero-order chi connectivity index (χ0) is 13.8. The van der Waals surface area contributed by atoms with Crippen LogP contribution in [0.2, 0.25) is 5.02 Å². The second-order valence-corrected chi connectivity index (χ2v) is 5.90. The number of hydrogen-bond acceptors (Lipinski definition) is 1. The second kappa shape index (κ2) is 3.87. The summed E-state index contributed by atoms with van der Waals surface area (Å²) in [6, 6.07) is 3.89. The van der Waals surface area contributed by atoms with Gasteiger partial charge in [0.15, 0.2) is 0 Å². The molecule has 0 aliphatic heterocycles. The van der Waals surface area contributed by atoms with E-state index < -0.39 is 17.2 Å². The van der Waals surface area contributed by atoms with Crippen molar-refractivity contribution in [3.05, 3.63) is 34.3 Å². The lowest BCUT2D eigenvalue weighted by atomic mass is 9.88. The molecule has 1 atom stereocenters. The molecule has 100 valence electrons. The maximum Gasteiger partial charge on any atom is 0.417 e. The van der Waals surface area contributed by atoms with Crippen molar-refractivity contribution in [3.8, 4) is 0 Å². The monoisotopic (exact) mass is 278 g/mol. The minimum atomic E-state index is -4.47. The van der Waals surface area contributed by atoms with Crippen LogP contribution in [0.1, 0.15) is 31.4 Å². The summed E-state index contributed by atoms with van der Waals surface area (Å²) in [5.74, 6) is 0. The minimum Gasteiger partial charge on any atom is -0.395 e. The maximum absolute atomic E-state index is 12.8. The van der Waals surface area contributed by atoms with Crippen LogP contribution in [0.4, 0.5) is 13.2 Å². The fourth-order valence-corrected chi connectivity index (χ4v) is 2.83. The number of alkyl halides is 3. The number of benzene rings is 1. The van der Waals surface area contributed by atoms with E-state index in [9.17, 15) is 18.3 Å². The number of aliphatic hydroxyl groups is 1. The third-order valence-corrected chi connectivity index (χ3v) is 4.34. The highest BCUT2D eigenvalue weighted by Gasteiger charge is 2.61. The predicted octanol–water partition coefficient (Wildman–Crippen LogP) is 4.02. The van der Waals surface area contributed by atoms with Gasteiger partial charge in [0.05, 0.1) is 17.2 Å². The average Bonchev–Trinajstić information content (AvgIpc) is 2.81. The molecule has 0 aromatic heterocycles. The zero-order valence-corrected chi connectivity index (χ0v) is 10.9. The number of aliphatic hydroxyl groups excluding tert-OH is 1. The van der Waals surface area contributed by atoms with E-state index in [1.54, 1.807) is 6.07 Å². The van der Waals surface area contributed by atoms with Gasteiger partial charge in [-0.15, -0.1) is 0 Å². The lowest BCUT2D eigenvalue weighted by Gasteiger charge is -2.20. The van der Waals surface area contributed by atoms with Crippen LogP contribution in [0, 0.1) is 5.41 Å². The van der Waals surface area contributed by atoms with Crippen LogP contribution in [0.3, 0.4) is 0 Å². The molecule has 0 heterocycles. The third kappa shape index (κ3) is 1.91. The van der Waals surface area contributed by atoms with E-state index >= 15 is 0 Å². The molecule has 1 unspecified atom stereocenters. The van der Waals surface area contributed by atoms with Gasteiger partial charge in [0.25, 0.3) is 0 Å². The quantitative estimate of drug-likeness (QED) is 0.866. The van der Waals surface area contributed by atoms with E-state index in [2.05, 4.69) is 0 Å². The molecule has 1 nitrogen and oxygen atoms in total. The third-order valence-electron chi connectivity index (χ3n) is 4.01. The topological polar surface area (TPSA) is 20.2 Å². The molecule has 1 saturated carbocycles. The molecule has 1 aliphatic rings. The molecule has 2 rings (SSSR count). The van der Waals surface area contributed by atoms with Crippen molar-refractivity contribution in [2.45, 2.75) is 31.9 Å². The summed E-state index contributed by atoms with van der Waals surface area (Å²) in [5.41, 5.74) is -1.08. The first-order valence-electron chi connectivity index (χ1n) is 5.62. The highest BCUT2D eigenvalue weighted by atomic mass is 35.5. The molecule has 1 fully saturated rings. The molecular formula is C13H14ClF3O. The molecule has 1 aromatic carbocycles. The minimum absolute atomic E-state index is 0.154. The van der Waals surface area contributed by atoms with Crippen molar-refractivity contribution >= 4 is 11.6 Å². The normalized spacial score (nSPS) is 26.2. The Morgan fingerprint density at radius 2 is 1.89 bits per heavy atom.